The lowest BCUT2D eigenvalue weighted by molar-refractivity contribution is 0.0518. The van der Waals surface area contributed by atoms with Gasteiger partial charge in [-0.1, -0.05) is 0 Å². The van der Waals surface area contributed by atoms with E-state index in [0.717, 1.165) is 16.3 Å². The smallest absolute Gasteiger partial charge is 0.358 e. The van der Waals surface area contributed by atoms with Crippen molar-refractivity contribution in [3.8, 4) is 11.5 Å². The van der Waals surface area contributed by atoms with E-state index in [1.54, 1.807) is 27.2 Å². The molecule has 0 aliphatic heterocycles. The molecule has 1 aromatic carbocycles. The monoisotopic (exact) mass is 301 g/mol. The highest BCUT2D eigenvalue weighted by atomic mass is 16.5. The number of hydrogen-bond acceptors (Lipinski definition) is 6. The molecular weight excluding hydrogens is 286 g/mol. The molecule has 0 spiro atoms. The second-order valence-electron chi connectivity index (χ2n) is 4.59. The number of esters is 1. The molecule has 0 saturated heterocycles. The van der Waals surface area contributed by atoms with E-state index in [2.05, 4.69) is 15.2 Å². The molecule has 0 fully saturated rings. The number of methoxy groups -OCH3 is 2. The summed E-state index contributed by atoms with van der Waals surface area (Å²) in [5.41, 5.74) is 1.58. The summed E-state index contributed by atoms with van der Waals surface area (Å²) >= 11 is 0. The number of fused-ring (bicyclic) bond motifs is 3. The summed E-state index contributed by atoms with van der Waals surface area (Å²) in [5, 5.41) is 9.57. The molecule has 0 aliphatic rings. The van der Waals surface area contributed by atoms with Gasteiger partial charge in [0, 0.05) is 16.8 Å². The third-order valence-corrected chi connectivity index (χ3v) is 3.35. The Morgan fingerprint density at radius 1 is 1.09 bits per heavy atom. The van der Waals surface area contributed by atoms with Crippen LogP contribution in [0, 0.1) is 0 Å². The zero-order valence-electron chi connectivity index (χ0n) is 12.5. The molecule has 0 atom stereocenters. The van der Waals surface area contributed by atoms with E-state index in [1.807, 2.05) is 12.1 Å². The fourth-order valence-corrected chi connectivity index (χ4v) is 2.33. The third kappa shape index (κ3) is 2.20. The molecule has 7 heteroatoms. The van der Waals surface area contributed by atoms with Crippen LogP contribution in [-0.2, 0) is 4.74 Å². The van der Waals surface area contributed by atoms with Gasteiger partial charge in [0.2, 0.25) is 0 Å². The van der Waals surface area contributed by atoms with Crippen LogP contribution < -0.4 is 9.47 Å². The zero-order valence-corrected chi connectivity index (χ0v) is 12.5. The van der Waals surface area contributed by atoms with Gasteiger partial charge in [0.1, 0.15) is 0 Å². The average Bonchev–Trinajstić information content (AvgIpc) is 2.90. The lowest BCUT2D eigenvalue weighted by atomic mass is 10.1. The largest absolute Gasteiger partial charge is 0.493 e. The molecule has 22 heavy (non-hydrogen) atoms. The van der Waals surface area contributed by atoms with Crippen LogP contribution in [0.3, 0.4) is 0 Å². The summed E-state index contributed by atoms with van der Waals surface area (Å²) in [5.74, 6) is 0.720. The van der Waals surface area contributed by atoms with E-state index >= 15 is 0 Å². The Labute approximate surface area is 126 Å². The number of carbonyl (C=O) groups excluding carboxylic acids is 1. The quantitative estimate of drug-likeness (QED) is 0.744. The molecule has 0 amide bonds. The highest BCUT2D eigenvalue weighted by Crippen LogP contribution is 2.35. The first kappa shape index (κ1) is 14.1. The van der Waals surface area contributed by atoms with Crippen LogP contribution >= 0.6 is 0 Å². The fraction of sp³-hybridized carbons (Fsp3) is 0.267. The van der Waals surface area contributed by atoms with E-state index in [0.29, 0.717) is 17.1 Å². The first-order valence-corrected chi connectivity index (χ1v) is 6.76. The minimum atomic E-state index is -0.494. The van der Waals surface area contributed by atoms with Crippen molar-refractivity contribution in [3.63, 3.8) is 0 Å². The van der Waals surface area contributed by atoms with Crippen molar-refractivity contribution in [2.24, 2.45) is 0 Å². The molecule has 3 aromatic rings. The number of aromatic nitrogens is 3. The van der Waals surface area contributed by atoms with E-state index in [4.69, 9.17) is 14.2 Å². The Kier molecular flexibility index (Phi) is 3.54. The van der Waals surface area contributed by atoms with Gasteiger partial charge in [0.05, 0.1) is 26.3 Å². The van der Waals surface area contributed by atoms with Crippen molar-refractivity contribution >= 4 is 27.9 Å². The van der Waals surface area contributed by atoms with Crippen LogP contribution in [0.4, 0.5) is 0 Å². The lowest BCUT2D eigenvalue weighted by Gasteiger charge is -2.07. The van der Waals surface area contributed by atoms with E-state index in [1.165, 1.54) is 0 Å². The molecule has 1 N–H and O–H groups in total. The van der Waals surface area contributed by atoms with E-state index in [9.17, 15) is 4.79 Å². The van der Waals surface area contributed by atoms with Crippen molar-refractivity contribution in [2.75, 3.05) is 20.8 Å². The SMILES string of the molecule is CCOC(=O)c1cc2c(nn1)[nH]c1cc(OC)c(OC)cc12. The van der Waals surface area contributed by atoms with E-state index < -0.39 is 5.97 Å². The van der Waals surface area contributed by atoms with Crippen LogP contribution in [-0.4, -0.2) is 42.0 Å². The average molecular weight is 301 g/mol. The van der Waals surface area contributed by atoms with Crippen LogP contribution in [0.15, 0.2) is 18.2 Å². The Morgan fingerprint density at radius 2 is 1.82 bits per heavy atom. The number of carbonyl (C=O) groups is 1. The maximum Gasteiger partial charge on any atom is 0.358 e. The number of benzene rings is 1. The second kappa shape index (κ2) is 5.51. The molecule has 3 rings (SSSR count). The van der Waals surface area contributed by atoms with Gasteiger partial charge in [-0.15, -0.1) is 10.2 Å². The molecule has 2 heterocycles. The van der Waals surface area contributed by atoms with Gasteiger partial charge in [0.15, 0.2) is 22.8 Å². The summed E-state index contributed by atoms with van der Waals surface area (Å²) in [4.78, 5) is 14.9. The Hall–Kier alpha value is -2.83. The predicted molar refractivity (Wildman–Crippen MR) is 80.5 cm³/mol. The molecule has 0 radical (unpaired) electrons. The number of rotatable bonds is 4. The van der Waals surface area contributed by atoms with Crippen LogP contribution in [0.5, 0.6) is 11.5 Å². The Morgan fingerprint density at radius 3 is 2.50 bits per heavy atom. The van der Waals surface area contributed by atoms with Crippen LogP contribution in [0.2, 0.25) is 0 Å². The minimum Gasteiger partial charge on any atom is -0.493 e. The number of hydrogen-bond donors (Lipinski definition) is 1. The number of nitrogens with zero attached hydrogens (tertiary/aromatic N) is 2. The van der Waals surface area contributed by atoms with E-state index in [-0.39, 0.29) is 12.3 Å². The fourth-order valence-electron chi connectivity index (χ4n) is 2.33. The summed E-state index contributed by atoms with van der Waals surface area (Å²) in [6, 6.07) is 5.31. The second-order valence-corrected chi connectivity index (χ2v) is 4.59. The summed E-state index contributed by atoms with van der Waals surface area (Å²) in [6.07, 6.45) is 0. The number of nitrogens with one attached hydrogen (secondary N) is 1. The lowest BCUT2D eigenvalue weighted by Crippen LogP contribution is -2.07. The Bertz CT molecular complexity index is 857. The first-order valence-electron chi connectivity index (χ1n) is 6.76. The van der Waals surface area contributed by atoms with Gasteiger partial charge in [-0.25, -0.2) is 4.79 Å². The van der Waals surface area contributed by atoms with Gasteiger partial charge in [-0.05, 0) is 19.1 Å². The summed E-state index contributed by atoms with van der Waals surface area (Å²) in [7, 11) is 3.15. The summed E-state index contributed by atoms with van der Waals surface area (Å²) < 4.78 is 15.5. The van der Waals surface area contributed by atoms with Crippen molar-refractivity contribution < 1.29 is 19.0 Å². The highest BCUT2D eigenvalue weighted by molar-refractivity contribution is 6.08. The van der Waals surface area contributed by atoms with Gasteiger partial charge in [0.25, 0.3) is 0 Å². The van der Waals surface area contributed by atoms with Gasteiger partial charge in [-0.3, -0.25) is 0 Å². The zero-order chi connectivity index (χ0) is 15.7. The molecule has 2 aromatic heterocycles. The van der Waals surface area contributed by atoms with Crippen molar-refractivity contribution in [3.05, 3.63) is 23.9 Å². The molecular formula is C15H15N3O4. The maximum absolute atomic E-state index is 11.8. The minimum absolute atomic E-state index is 0.171. The van der Waals surface area contributed by atoms with Crippen LogP contribution in [0.25, 0.3) is 21.9 Å². The third-order valence-electron chi connectivity index (χ3n) is 3.35. The van der Waals surface area contributed by atoms with Gasteiger partial charge < -0.3 is 19.2 Å². The standard InChI is InChI=1S/C15H15N3O4/c1-4-22-15(19)11-5-9-8-6-12(20-2)13(21-3)7-10(8)16-14(9)18-17-11/h5-7H,4H2,1-3H3,(H,16,18). The topological polar surface area (TPSA) is 86.3 Å². The molecule has 114 valence electrons. The number of H-pyrrole nitrogens is 1. The van der Waals surface area contributed by atoms with Crippen molar-refractivity contribution in [1.82, 2.24) is 15.2 Å². The highest BCUT2D eigenvalue weighted by Gasteiger charge is 2.15. The maximum atomic E-state index is 11.8. The van der Waals surface area contributed by atoms with Gasteiger partial charge in [-0.2, -0.15) is 0 Å². The normalized spacial score (nSPS) is 10.9. The predicted octanol–water partition coefficient (Wildman–Crippen LogP) is 2.30. The molecule has 0 unspecified atom stereocenters. The number of ether oxygens (including phenoxy) is 3. The molecule has 0 saturated carbocycles. The number of aromatic amines is 1. The molecule has 0 aliphatic carbocycles. The summed E-state index contributed by atoms with van der Waals surface area (Å²) in [6.45, 7) is 2.03. The van der Waals surface area contributed by atoms with Crippen LogP contribution in [0.1, 0.15) is 17.4 Å². The first-order chi connectivity index (χ1) is 10.7. The molecule has 7 nitrogen and oxygen atoms in total. The van der Waals surface area contributed by atoms with Gasteiger partial charge >= 0.3 is 5.97 Å². The van der Waals surface area contributed by atoms with Crippen molar-refractivity contribution in [2.45, 2.75) is 6.92 Å². The Balaban J connectivity index is 2.22. The molecule has 0 bridgehead atoms. The van der Waals surface area contributed by atoms with Crippen molar-refractivity contribution in [1.29, 1.82) is 0 Å².